The van der Waals surface area contributed by atoms with E-state index in [2.05, 4.69) is 0 Å². The molecule has 0 spiro atoms. The lowest BCUT2D eigenvalue weighted by Crippen LogP contribution is -1.96. The number of nitrogens with two attached hydrogens (primary N) is 1. The zero-order valence-electron chi connectivity index (χ0n) is 9.17. The molecule has 17 heavy (non-hydrogen) atoms. The second-order valence-electron chi connectivity index (χ2n) is 3.73. The van der Waals surface area contributed by atoms with Crippen molar-refractivity contribution in [2.45, 2.75) is 10.6 Å². The number of hydrogen-bond donors (Lipinski definition) is 2. The lowest BCUT2D eigenvalue weighted by molar-refractivity contribution is 0.475. The molecule has 1 atom stereocenters. The van der Waals surface area contributed by atoms with Crippen molar-refractivity contribution in [1.29, 1.82) is 0 Å². The molecule has 0 fully saturated rings. The van der Waals surface area contributed by atoms with Crippen molar-refractivity contribution in [2.75, 3.05) is 5.73 Å². The van der Waals surface area contributed by atoms with Crippen LogP contribution in [0.15, 0.2) is 53.4 Å². The van der Waals surface area contributed by atoms with E-state index in [9.17, 15) is 4.21 Å². The molecule has 0 amide bonds. The quantitative estimate of drug-likeness (QED) is 0.818. The fourth-order valence-electron chi connectivity index (χ4n) is 1.45. The van der Waals surface area contributed by atoms with Crippen molar-refractivity contribution in [2.24, 2.45) is 0 Å². The van der Waals surface area contributed by atoms with Crippen LogP contribution in [0.25, 0.3) is 0 Å². The second-order valence-corrected chi connectivity index (χ2v) is 5.18. The average Bonchev–Trinajstić information content (AvgIpc) is 2.33. The summed E-state index contributed by atoms with van der Waals surface area (Å²) in [5.74, 6) is 0.650. The molecule has 0 aromatic heterocycles. The molecule has 0 aliphatic rings. The Kier molecular flexibility index (Phi) is 3.44. The topological polar surface area (TPSA) is 63.3 Å². The Labute approximate surface area is 102 Å². The lowest BCUT2D eigenvalue weighted by atomic mass is 10.2. The van der Waals surface area contributed by atoms with E-state index < -0.39 is 10.8 Å². The first-order valence-electron chi connectivity index (χ1n) is 5.17. The van der Waals surface area contributed by atoms with Crippen LogP contribution in [-0.2, 0) is 16.6 Å². The molecule has 0 heterocycles. The van der Waals surface area contributed by atoms with Crippen molar-refractivity contribution < 1.29 is 9.32 Å². The smallest absolute Gasteiger partial charge is 0.115 e. The Hall–Kier alpha value is -1.81. The number of hydrogen-bond acceptors (Lipinski definition) is 3. The van der Waals surface area contributed by atoms with E-state index in [0.717, 1.165) is 10.5 Å². The van der Waals surface area contributed by atoms with Crippen molar-refractivity contribution in [3.05, 3.63) is 54.1 Å². The molecule has 0 bridgehead atoms. The highest BCUT2D eigenvalue weighted by atomic mass is 32.2. The van der Waals surface area contributed by atoms with E-state index in [-0.39, 0.29) is 5.75 Å². The van der Waals surface area contributed by atoms with E-state index in [0.29, 0.717) is 11.4 Å². The highest BCUT2D eigenvalue weighted by molar-refractivity contribution is 7.84. The Morgan fingerprint density at radius 1 is 1.00 bits per heavy atom. The van der Waals surface area contributed by atoms with Gasteiger partial charge in [-0.25, -0.2) is 0 Å². The molecule has 2 aromatic rings. The highest BCUT2D eigenvalue weighted by Gasteiger charge is 2.04. The molecule has 88 valence electrons. The first kappa shape index (κ1) is 11.7. The van der Waals surface area contributed by atoms with Crippen molar-refractivity contribution in [1.82, 2.24) is 0 Å². The first-order chi connectivity index (χ1) is 8.15. The summed E-state index contributed by atoms with van der Waals surface area (Å²) in [5.41, 5.74) is 7.16. The lowest BCUT2D eigenvalue weighted by Gasteiger charge is -2.03. The second kappa shape index (κ2) is 5.01. The van der Waals surface area contributed by atoms with E-state index in [1.165, 1.54) is 0 Å². The molecule has 3 N–H and O–H groups in total. The largest absolute Gasteiger partial charge is 0.508 e. The van der Waals surface area contributed by atoms with Gasteiger partial charge in [-0.05, 0) is 42.0 Å². The molecule has 1 unspecified atom stereocenters. The Morgan fingerprint density at radius 2 is 1.59 bits per heavy atom. The van der Waals surface area contributed by atoms with Crippen LogP contribution in [0.4, 0.5) is 5.69 Å². The molecule has 0 aliphatic carbocycles. The van der Waals surface area contributed by atoms with Crippen LogP contribution < -0.4 is 5.73 Å². The van der Waals surface area contributed by atoms with Crippen LogP contribution in [0.2, 0.25) is 0 Å². The summed E-state index contributed by atoms with van der Waals surface area (Å²) in [7, 11) is -1.09. The van der Waals surface area contributed by atoms with Crippen molar-refractivity contribution >= 4 is 16.5 Å². The third-order valence-corrected chi connectivity index (χ3v) is 3.77. The maximum Gasteiger partial charge on any atom is 0.115 e. The number of benzene rings is 2. The highest BCUT2D eigenvalue weighted by Crippen LogP contribution is 2.16. The monoisotopic (exact) mass is 247 g/mol. The molecule has 2 rings (SSSR count). The zero-order chi connectivity index (χ0) is 12.3. The van der Waals surface area contributed by atoms with Gasteiger partial charge < -0.3 is 10.8 Å². The van der Waals surface area contributed by atoms with Crippen LogP contribution >= 0.6 is 0 Å². The third kappa shape index (κ3) is 3.07. The minimum absolute atomic E-state index is 0.215. The standard InChI is InChI=1S/C13H13NO2S/c14-11-3-7-13(8-4-11)17(16)9-10-1-5-12(15)6-2-10/h1-8,15H,9,14H2. The van der Waals surface area contributed by atoms with E-state index in [1.807, 2.05) is 0 Å². The van der Waals surface area contributed by atoms with Gasteiger partial charge in [0.25, 0.3) is 0 Å². The summed E-state index contributed by atoms with van der Waals surface area (Å²) in [5, 5.41) is 9.15. The molecule has 0 saturated carbocycles. The summed E-state index contributed by atoms with van der Waals surface area (Å²) >= 11 is 0. The zero-order valence-corrected chi connectivity index (χ0v) is 9.98. The Bertz CT molecular complexity index is 520. The van der Waals surface area contributed by atoms with E-state index in [1.54, 1.807) is 48.5 Å². The van der Waals surface area contributed by atoms with Gasteiger partial charge in [0.15, 0.2) is 0 Å². The van der Waals surface area contributed by atoms with E-state index in [4.69, 9.17) is 10.8 Å². The third-order valence-electron chi connectivity index (χ3n) is 2.38. The summed E-state index contributed by atoms with van der Waals surface area (Å²) in [4.78, 5) is 0.757. The van der Waals surface area contributed by atoms with Crippen LogP contribution in [0.3, 0.4) is 0 Å². The number of rotatable bonds is 3. The van der Waals surface area contributed by atoms with Gasteiger partial charge >= 0.3 is 0 Å². The van der Waals surface area contributed by atoms with Crippen molar-refractivity contribution in [3.8, 4) is 5.75 Å². The number of phenolic OH excluding ortho intramolecular Hbond substituents is 1. The first-order valence-corrected chi connectivity index (χ1v) is 6.49. The van der Waals surface area contributed by atoms with Crippen LogP contribution in [0, 0.1) is 0 Å². The number of phenols is 1. The molecule has 4 heteroatoms. The van der Waals surface area contributed by atoms with E-state index >= 15 is 0 Å². The van der Waals surface area contributed by atoms with Gasteiger partial charge in [-0.3, -0.25) is 4.21 Å². The molecular formula is C13H13NO2S. The molecular weight excluding hydrogens is 234 g/mol. The Balaban J connectivity index is 2.11. The molecule has 0 aliphatic heterocycles. The SMILES string of the molecule is Nc1ccc(S(=O)Cc2ccc(O)cc2)cc1. The predicted molar refractivity (Wildman–Crippen MR) is 69.1 cm³/mol. The van der Waals surface area contributed by atoms with Gasteiger partial charge in [-0.15, -0.1) is 0 Å². The molecule has 0 saturated heterocycles. The minimum atomic E-state index is -1.09. The van der Waals surface area contributed by atoms with Gasteiger partial charge in [0, 0.05) is 10.6 Å². The maximum absolute atomic E-state index is 12.0. The van der Waals surface area contributed by atoms with Gasteiger partial charge in [0.05, 0.1) is 16.6 Å². The Morgan fingerprint density at radius 3 is 2.18 bits per heavy atom. The normalized spacial score (nSPS) is 12.2. The summed E-state index contributed by atoms with van der Waals surface area (Å²) in [6.45, 7) is 0. The van der Waals surface area contributed by atoms with Gasteiger partial charge in [-0.1, -0.05) is 12.1 Å². The number of anilines is 1. The van der Waals surface area contributed by atoms with Crippen LogP contribution in [-0.4, -0.2) is 9.32 Å². The van der Waals surface area contributed by atoms with Crippen LogP contribution in [0.5, 0.6) is 5.75 Å². The average molecular weight is 247 g/mol. The number of nitrogen functional groups attached to an aromatic ring is 1. The van der Waals surface area contributed by atoms with Gasteiger partial charge in [0.1, 0.15) is 5.75 Å². The predicted octanol–water partition coefficient (Wildman–Crippen LogP) is 2.28. The fourth-order valence-corrected chi connectivity index (χ4v) is 2.55. The summed E-state index contributed by atoms with van der Waals surface area (Å²) < 4.78 is 12.0. The van der Waals surface area contributed by atoms with Crippen molar-refractivity contribution in [3.63, 3.8) is 0 Å². The maximum atomic E-state index is 12.0. The molecule has 0 radical (unpaired) electrons. The van der Waals surface area contributed by atoms with Gasteiger partial charge in [-0.2, -0.15) is 0 Å². The summed E-state index contributed by atoms with van der Waals surface area (Å²) in [6, 6.07) is 13.7. The van der Waals surface area contributed by atoms with Crippen LogP contribution in [0.1, 0.15) is 5.56 Å². The summed E-state index contributed by atoms with van der Waals surface area (Å²) in [6.07, 6.45) is 0. The molecule has 3 nitrogen and oxygen atoms in total. The van der Waals surface area contributed by atoms with Gasteiger partial charge in [0.2, 0.25) is 0 Å². The number of aromatic hydroxyl groups is 1. The molecule has 2 aromatic carbocycles. The fraction of sp³-hybridized carbons (Fsp3) is 0.0769. The minimum Gasteiger partial charge on any atom is -0.508 e.